The summed E-state index contributed by atoms with van der Waals surface area (Å²) in [7, 11) is 0. The van der Waals surface area contributed by atoms with E-state index in [1.807, 2.05) is 11.8 Å². The molecule has 3 aromatic rings. The third kappa shape index (κ3) is 3.12. The predicted octanol–water partition coefficient (Wildman–Crippen LogP) is 3.43. The van der Waals surface area contributed by atoms with Crippen molar-refractivity contribution in [2.45, 2.75) is 39.2 Å². The van der Waals surface area contributed by atoms with Gasteiger partial charge in [0.1, 0.15) is 0 Å². The second-order valence-electron chi connectivity index (χ2n) is 7.72. The Morgan fingerprint density at radius 3 is 3.00 bits per heavy atom. The van der Waals surface area contributed by atoms with Gasteiger partial charge in [-0.15, -0.1) is 11.3 Å². The summed E-state index contributed by atoms with van der Waals surface area (Å²) in [5.74, 6) is 0.120. The van der Waals surface area contributed by atoms with Gasteiger partial charge in [0.15, 0.2) is 0 Å². The maximum Gasteiger partial charge on any atom is 0.259 e. The van der Waals surface area contributed by atoms with Crippen LogP contribution in [0.5, 0.6) is 0 Å². The molecular weight excluding hydrogens is 372 g/mol. The average Bonchev–Trinajstić information content (AvgIpc) is 3.40. The normalized spacial score (nSPS) is 17.8. The highest BCUT2D eigenvalue weighted by atomic mass is 32.1. The molecule has 4 heterocycles. The minimum absolute atomic E-state index is 0.120. The van der Waals surface area contributed by atoms with Crippen LogP contribution in [0.2, 0.25) is 0 Å². The summed E-state index contributed by atoms with van der Waals surface area (Å²) in [6, 6.07) is 4.29. The molecule has 6 nitrogen and oxygen atoms in total. The number of fused-ring (bicyclic) bond motifs is 2. The van der Waals surface area contributed by atoms with Crippen LogP contribution in [-0.4, -0.2) is 52.0 Å². The Balaban J connectivity index is 1.42. The third-order valence-electron chi connectivity index (χ3n) is 5.87. The van der Waals surface area contributed by atoms with E-state index in [-0.39, 0.29) is 5.91 Å². The molecular formula is C21H24N4O2S. The molecule has 1 fully saturated rings. The number of hydrogen-bond donors (Lipinski definition) is 0. The van der Waals surface area contributed by atoms with Crippen LogP contribution >= 0.6 is 11.3 Å². The predicted molar refractivity (Wildman–Crippen MR) is 109 cm³/mol. The van der Waals surface area contributed by atoms with Crippen molar-refractivity contribution in [3.63, 3.8) is 0 Å². The second kappa shape index (κ2) is 7.29. The molecule has 0 bridgehead atoms. The van der Waals surface area contributed by atoms with Gasteiger partial charge in [-0.05, 0) is 49.6 Å². The molecule has 0 spiro atoms. The molecule has 1 aliphatic heterocycles. The summed E-state index contributed by atoms with van der Waals surface area (Å²) in [5.41, 5.74) is 4.19. The zero-order valence-electron chi connectivity index (χ0n) is 16.1. The van der Waals surface area contributed by atoms with Crippen LogP contribution in [0.4, 0.5) is 0 Å². The zero-order valence-corrected chi connectivity index (χ0v) is 16.9. The molecule has 0 unspecified atom stereocenters. The molecule has 5 rings (SSSR count). The Kier molecular flexibility index (Phi) is 4.64. The van der Waals surface area contributed by atoms with Gasteiger partial charge in [0.2, 0.25) is 0 Å². The van der Waals surface area contributed by atoms with Gasteiger partial charge in [-0.2, -0.15) is 0 Å². The van der Waals surface area contributed by atoms with Crippen LogP contribution in [0.25, 0.3) is 11.1 Å². The quantitative estimate of drug-likeness (QED) is 0.679. The van der Waals surface area contributed by atoms with Crippen molar-refractivity contribution in [1.29, 1.82) is 0 Å². The molecule has 3 aromatic heterocycles. The molecule has 0 aromatic carbocycles. The monoisotopic (exact) mass is 396 g/mol. The van der Waals surface area contributed by atoms with Gasteiger partial charge in [0, 0.05) is 43.3 Å². The molecule has 1 amide bonds. The van der Waals surface area contributed by atoms with Gasteiger partial charge in [0.25, 0.3) is 11.6 Å². The molecule has 0 N–H and O–H groups in total. The number of aromatic nitrogens is 2. The third-order valence-corrected chi connectivity index (χ3v) is 6.73. The van der Waals surface area contributed by atoms with Gasteiger partial charge >= 0.3 is 0 Å². The Labute approximate surface area is 168 Å². The van der Waals surface area contributed by atoms with Crippen LogP contribution < -0.4 is 0 Å². The van der Waals surface area contributed by atoms with E-state index < -0.39 is 0 Å². The number of carbonyl (C=O) groups excluding carboxylic acids is 1. The molecule has 146 valence electrons. The standard InChI is InChI=1S/C21H24N4O2S/c1-14-18-19(16-6-2-7-17(16)22-20(18)27-23-14)21(26)25-9-4-8-24(10-11-25)13-15-5-3-12-28-15/h3,5,12H,2,4,6-11,13H2,1H3. The Morgan fingerprint density at radius 2 is 2.14 bits per heavy atom. The van der Waals surface area contributed by atoms with Crippen molar-refractivity contribution in [3.05, 3.63) is 44.9 Å². The summed E-state index contributed by atoms with van der Waals surface area (Å²) in [5, 5.41) is 7.02. The van der Waals surface area contributed by atoms with Gasteiger partial charge in [-0.25, -0.2) is 4.98 Å². The lowest BCUT2D eigenvalue weighted by molar-refractivity contribution is 0.0762. The minimum Gasteiger partial charge on any atom is -0.337 e. The number of pyridine rings is 1. The number of rotatable bonds is 3. The Morgan fingerprint density at radius 1 is 1.21 bits per heavy atom. The summed E-state index contributed by atoms with van der Waals surface area (Å²) in [6.07, 6.45) is 3.88. The Bertz CT molecular complexity index is 1010. The van der Waals surface area contributed by atoms with Crippen molar-refractivity contribution in [2.75, 3.05) is 26.2 Å². The van der Waals surface area contributed by atoms with Gasteiger partial charge < -0.3 is 9.42 Å². The zero-order chi connectivity index (χ0) is 19.1. The first-order valence-corrected chi connectivity index (χ1v) is 10.9. The molecule has 28 heavy (non-hydrogen) atoms. The van der Waals surface area contributed by atoms with E-state index in [2.05, 4.69) is 32.6 Å². The van der Waals surface area contributed by atoms with Crippen LogP contribution in [0.1, 0.15) is 45.0 Å². The summed E-state index contributed by atoms with van der Waals surface area (Å²) >= 11 is 1.80. The SMILES string of the molecule is Cc1noc2nc3c(c(C(=O)N4CCCN(Cc5cccs5)CC4)c12)CCC3. The molecule has 0 saturated carbocycles. The van der Waals surface area contributed by atoms with Crippen molar-refractivity contribution in [3.8, 4) is 0 Å². The highest BCUT2D eigenvalue weighted by Crippen LogP contribution is 2.32. The summed E-state index contributed by atoms with van der Waals surface area (Å²) in [6.45, 7) is 6.35. The van der Waals surface area contributed by atoms with Gasteiger partial charge in [-0.3, -0.25) is 9.69 Å². The molecule has 0 radical (unpaired) electrons. The van der Waals surface area contributed by atoms with E-state index >= 15 is 0 Å². The highest BCUT2D eigenvalue weighted by Gasteiger charge is 2.30. The van der Waals surface area contributed by atoms with Crippen LogP contribution in [-0.2, 0) is 19.4 Å². The number of amides is 1. The fraction of sp³-hybridized carbons (Fsp3) is 0.476. The van der Waals surface area contributed by atoms with Crippen molar-refractivity contribution < 1.29 is 9.32 Å². The van der Waals surface area contributed by atoms with E-state index in [4.69, 9.17) is 4.52 Å². The van der Waals surface area contributed by atoms with Crippen molar-refractivity contribution in [2.24, 2.45) is 0 Å². The van der Waals surface area contributed by atoms with Crippen LogP contribution in [0, 0.1) is 6.92 Å². The van der Waals surface area contributed by atoms with Gasteiger partial charge in [0.05, 0.1) is 16.6 Å². The lowest BCUT2D eigenvalue weighted by atomic mass is 10.0. The molecule has 0 atom stereocenters. The van der Waals surface area contributed by atoms with E-state index in [1.54, 1.807) is 11.3 Å². The first-order chi connectivity index (χ1) is 13.7. The van der Waals surface area contributed by atoms with Crippen molar-refractivity contribution >= 4 is 28.3 Å². The minimum atomic E-state index is 0.120. The first-order valence-electron chi connectivity index (χ1n) is 10.0. The lowest BCUT2D eigenvalue weighted by Gasteiger charge is -2.23. The number of aryl methyl sites for hydroxylation is 2. The van der Waals surface area contributed by atoms with E-state index in [9.17, 15) is 4.79 Å². The number of hydrogen-bond acceptors (Lipinski definition) is 6. The van der Waals surface area contributed by atoms with Crippen LogP contribution in [0.3, 0.4) is 0 Å². The maximum absolute atomic E-state index is 13.6. The summed E-state index contributed by atoms with van der Waals surface area (Å²) in [4.78, 5) is 24.1. The fourth-order valence-electron chi connectivity index (χ4n) is 4.46. The second-order valence-corrected chi connectivity index (χ2v) is 8.75. The average molecular weight is 397 g/mol. The van der Waals surface area contributed by atoms with Gasteiger partial charge in [-0.1, -0.05) is 11.2 Å². The maximum atomic E-state index is 13.6. The van der Waals surface area contributed by atoms with Crippen molar-refractivity contribution in [1.82, 2.24) is 19.9 Å². The lowest BCUT2D eigenvalue weighted by Crippen LogP contribution is -2.35. The molecule has 1 saturated heterocycles. The fourth-order valence-corrected chi connectivity index (χ4v) is 5.21. The van der Waals surface area contributed by atoms with E-state index in [0.717, 1.165) is 86.3 Å². The highest BCUT2D eigenvalue weighted by molar-refractivity contribution is 7.09. The first kappa shape index (κ1) is 17.8. The summed E-state index contributed by atoms with van der Waals surface area (Å²) < 4.78 is 5.41. The van der Waals surface area contributed by atoms with E-state index in [0.29, 0.717) is 5.71 Å². The molecule has 1 aliphatic carbocycles. The molecule has 2 aliphatic rings. The topological polar surface area (TPSA) is 62.5 Å². The number of thiophene rings is 1. The largest absolute Gasteiger partial charge is 0.337 e. The Hall–Kier alpha value is -2.25. The van der Waals surface area contributed by atoms with Crippen LogP contribution in [0.15, 0.2) is 22.0 Å². The number of carbonyl (C=O) groups is 1. The number of nitrogens with zero attached hydrogens (tertiary/aromatic N) is 4. The smallest absolute Gasteiger partial charge is 0.259 e. The molecule has 7 heteroatoms. The van der Waals surface area contributed by atoms with E-state index in [1.165, 1.54) is 4.88 Å².